The summed E-state index contributed by atoms with van der Waals surface area (Å²) in [6.45, 7) is 3.13. The van der Waals surface area contributed by atoms with Crippen molar-refractivity contribution in [2.45, 2.75) is 31.2 Å². The van der Waals surface area contributed by atoms with Crippen molar-refractivity contribution >= 4 is 11.8 Å². The largest absolute Gasteiger partial charge is 0.481 e. The Bertz CT molecular complexity index is 346. The first-order valence-electron chi connectivity index (χ1n) is 5.64. The Hall–Kier alpha value is -0.740. The highest BCUT2D eigenvalue weighted by Gasteiger charge is 2.23. The molecule has 88 valence electrons. The quantitative estimate of drug-likeness (QED) is 0.871. The molecule has 1 aromatic rings. The van der Waals surface area contributed by atoms with Crippen LogP contribution in [0.4, 0.5) is 0 Å². The number of hydrogen-bond donors (Lipinski definition) is 1. The zero-order chi connectivity index (χ0) is 11.4. The highest BCUT2D eigenvalue weighted by molar-refractivity contribution is 8.00. The number of aromatic nitrogens is 1. The van der Waals surface area contributed by atoms with Gasteiger partial charge in [0.2, 0.25) is 5.88 Å². The summed E-state index contributed by atoms with van der Waals surface area (Å²) in [5.41, 5.74) is 1.13. The molecule has 0 aromatic carbocycles. The molecule has 0 amide bonds. The Morgan fingerprint density at radius 1 is 1.62 bits per heavy atom. The molecular weight excluding hydrogens is 220 g/mol. The van der Waals surface area contributed by atoms with E-state index in [4.69, 9.17) is 4.74 Å². The number of ether oxygens (including phenoxy) is 1. The normalized spacial score (nSPS) is 24.6. The van der Waals surface area contributed by atoms with Crippen LogP contribution >= 0.6 is 11.8 Å². The molecular formula is C12H18N2OS. The van der Waals surface area contributed by atoms with Crippen molar-refractivity contribution in [3.63, 3.8) is 0 Å². The van der Waals surface area contributed by atoms with Crippen LogP contribution in [0.3, 0.4) is 0 Å². The van der Waals surface area contributed by atoms with E-state index in [1.165, 1.54) is 12.2 Å². The highest BCUT2D eigenvalue weighted by Crippen LogP contribution is 2.26. The van der Waals surface area contributed by atoms with Gasteiger partial charge in [-0.3, -0.25) is 0 Å². The third-order valence-electron chi connectivity index (χ3n) is 2.97. The summed E-state index contributed by atoms with van der Waals surface area (Å²) in [5.74, 6) is 2.00. The van der Waals surface area contributed by atoms with E-state index in [2.05, 4.69) is 23.3 Å². The van der Waals surface area contributed by atoms with Crippen molar-refractivity contribution in [1.82, 2.24) is 10.3 Å². The maximum Gasteiger partial charge on any atom is 0.217 e. The van der Waals surface area contributed by atoms with Gasteiger partial charge < -0.3 is 10.1 Å². The second kappa shape index (κ2) is 5.55. The Labute approximate surface area is 101 Å². The van der Waals surface area contributed by atoms with Gasteiger partial charge in [0.25, 0.3) is 0 Å². The minimum absolute atomic E-state index is 0.620. The first kappa shape index (κ1) is 11.7. The van der Waals surface area contributed by atoms with Crippen LogP contribution in [0.5, 0.6) is 5.88 Å². The fourth-order valence-corrected chi connectivity index (χ4v) is 3.21. The zero-order valence-corrected chi connectivity index (χ0v) is 10.6. The first-order chi connectivity index (χ1) is 7.81. The Balaban J connectivity index is 1.93. The van der Waals surface area contributed by atoms with Gasteiger partial charge in [-0.2, -0.15) is 11.8 Å². The maximum atomic E-state index is 5.23. The van der Waals surface area contributed by atoms with Gasteiger partial charge in [-0.05, 0) is 18.2 Å². The van der Waals surface area contributed by atoms with Gasteiger partial charge in [-0.25, -0.2) is 4.98 Å². The lowest BCUT2D eigenvalue weighted by Crippen LogP contribution is -2.32. The predicted molar refractivity (Wildman–Crippen MR) is 68.0 cm³/mol. The highest BCUT2D eigenvalue weighted by atomic mass is 32.2. The molecule has 1 aliphatic heterocycles. The second-order valence-electron chi connectivity index (χ2n) is 4.02. The molecule has 2 unspecified atom stereocenters. The van der Waals surface area contributed by atoms with Gasteiger partial charge >= 0.3 is 0 Å². The minimum atomic E-state index is 0.620. The number of nitrogens with one attached hydrogen (secondary N) is 1. The summed E-state index contributed by atoms with van der Waals surface area (Å²) < 4.78 is 5.23. The van der Waals surface area contributed by atoms with Gasteiger partial charge in [0.05, 0.1) is 7.11 Å². The molecule has 1 aromatic heterocycles. The second-order valence-corrected chi connectivity index (χ2v) is 5.51. The van der Waals surface area contributed by atoms with Crippen LogP contribution < -0.4 is 10.1 Å². The number of methoxy groups -OCH3 is 1. The molecule has 2 rings (SSSR count). The van der Waals surface area contributed by atoms with Crippen molar-refractivity contribution in [3.05, 3.63) is 23.9 Å². The lowest BCUT2D eigenvalue weighted by Gasteiger charge is -2.17. The molecule has 4 heteroatoms. The molecule has 16 heavy (non-hydrogen) atoms. The molecule has 3 nitrogen and oxygen atoms in total. The zero-order valence-electron chi connectivity index (χ0n) is 9.77. The first-order valence-corrected chi connectivity index (χ1v) is 6.69. The van der Waals surface area contributed by atoms with Gasteiger partial charge in [0.1, 0.15) is 0 Å². The van der Waals surface area contributed by atoms with Crippen molar-refractivity contribution in [2.75, 3.05) is 12.9 Å². The van der Waals surface area contributed by atoms with Gasteiger partial charge in [0, 0.05) is 29.6 Å². The van der Waals surface area contributed by atoms with E-state index < -0.39 is 0 Å². The fraction of sp³-hybridized carbons (Fsp3) is 0.583. The van der Waals surface area contributed by atoms with Gasteiger partial charge in [-0.15, -0.1) is 0 Å². The summed E-state index contributed by atoms with van der Waals surface area (Å²) in [6.07, 6.45) is 3.02. The lowest BCUT2D eigenvalue weighted by molar-refractivity contribution is 0.388. The Kier molecular flexibility index (Phi) is 4.07. The molecule has 0 bridgehead atoms. The molecule has 2 atom stereocenters. The number of nitrogens with zero attached hydrogens (tertiary/aromatic N) is 1. The van der Waals surface area contributed by atoms with Crippen LogP contribution in [0.1, 0.15) is 18.9 Å². The minimum Gasteiger partial charge on any atom is -0.481 e. The van der Waals surface area contributed by atoms with Crippen LogP contribution in [0.15, 0.2) is 18.3 Å². The van der Waals surface area contributed by atoms with Gasteiger partial charge in [-0.1, -0.05) is 13.0 Å². The van der Waals surface area contributed by atoms with E-state index >= 15 is 0 Å². The van der Waals surface area contributed by atoms with E-state index in [1.807, 2.05) is 17.8 Å². The average molecular weight is 238 g/mol. The van der Waals surface area contributed by atoms with E-state index in [9.17, 15) is 0 Å². The van der Waals surface area contributed by atoms with E-state index in [1.54, 1.807) is 13.3 Å². The summed E-state index contributed by atoms with van der Waals surface area (Å²) >= 11 is 2.04. The SMILES string of the molecule is COc1ncccc1CNC1CCSC1C. The van der Waals surface area contributed by atoms with Crippen molar-refractivity contribution in [1.29, 1.82) is 0 Å². The molecule has 0 saturated carbocycles. The standard InChI is InChI=1S/C12H18N2OS/c1-9-11(5-7-16-9)14-8-10-4-3-6-13-12(10)15-2/h3-4,6,9,11,14H,5,7-8H2,1-2H3. The van der Waals surface area contributed by atoms with Gasteiger partial charge in [0.15, 0.2) is 0 Å². The molecule has 0 spiro atoms. The topological polar surface area (TPSA) is 34.1 Å². The molecule has 1 aliphatic rings. The van der Waals surface area contributed by atoms with Crippen LogP contribution in [0.25, 0.3) is 0 Å². The predicted octanol–water partition coefficient (Wildman–Crippen LogP) is 2.07. The molecule has 2 heterocycles. The lowest BCUT2D eigenvalue weighted by atomic mass is 10.1. The smallest absolute Gasteiger partial charge is 0.217 e. The number of rotatable bonds is 4. The summed E-state index contributed by atoms with van der Waals surface area (Å²) in [5, 5.41) is 4.29. The molecule has 0 radical (unpaired) electrons. The summed E-state index contributed by atoms with van der Waals surface area (Å²) in [7, 11) is 1.67. The number of pyridine rings is 1. The maximum absolute atomic E-state index is 5.23. The van der Waals surface area contributed by atoms with Crippen LogP contribution in [0.2, 0.25) is 0 Å². The molecule has 0 aliphatic carbocycles. The monoisotopic (exact) mass is 238 g/mol. The summed E-state index contributed by atoms with van der Waals surface area (Å²) in [6, 6.07) is 4.63. The molecule has 1 N–H and O–H groups in total. The van der Waals surface area contributed by atoms with Crippen LogP contribution in [0, 0.1) is 0 Å². The van der Waals surface area contributed by atoms with E-state index in [-0.39, 0.29) is 0 Å². The van der Waals surface area contributed by atoms with Crippen LogP contribution in [-0.4, -0.2) is 29.1 Å². The average Bonchev–Trinajstić information content (AvgIpc) is 2.72. The van der Waals surface area contributed by atoms with Crippen molar-refractivity contribution < 1.29 is 4.74 Å². The van der Waals surface area contributed by atoms with Crippen molar-refractivity contribution in [2.24, 2.45) is 0 Å². The van der Waals surface area contributed by atoms with E-state index in [0.717, 1.165) is 18.0 Å². The third-order valence-corrected chi connectivity index (χ3v) is 4.30. The molecule has 1 saturated heterocycles. The third kappa shape index (κ3) is 2.68. The summed E-state index contributed by atoms with van der Waals surface area (Å²) in [4.78, 5) is 4.19. The van der Waals surface area contributed by atoms with E-state index in [0.29, 0.717) is 11.3 Å². The Morgan fingerprint density at radius 2 is 2.50 bits per heavy atom. The molecule has 1 fully saturated rings. The van der Waals surface area contributed by atoms with Crippen LogP contribution in [-0.2, 0) is 6.54 Å². The fourth-order valence-electron chi connectivity index (χ4n) is 1.98. The number of hydrogen-bond acceptors (Lipinski definition) is 4. The number of thioether (sulfide) groups is 1. The van der Waals surface area contributed by atoms with Crippen molar-refractivity contribution in [3.8, 4) is 5.88 Å². The Morgan fingerprint density at radius 3 is 3.19 bits per heavy atom.